The minimum atomic E-state index is -4.62. The normalized spacial score (nSPS) is 12.7. The highest BCUT2D eigenvalue weighted by Crippen LogP contribution is 2.36. The van der Waals surface area contributed by atoms with Gasteiger partial charge in [0.1, 0.15) is 6.04 Å². The van der Waals surface area contributed by atoms with Crippen molar-refractivity contribution in [1.29, 1.82) is 0 Å². The summed E-state index contributed by atoms with van der Waals surface area (Å²) in [7, 11) is 1.31. The Labute approximate surface area is 145 Å². The van der Waals surface area contributed by atoms with E-state index in [9.17, 15) is 26.7 Å². The zero-order valence-electron chi connectivity index (χ0n) is 12.4. The number of alkyl halides is 5. The third kappa shape index (κ3) is 7.20. The van der Waals surface area contributed by atoms with E-state index in [1.54, 1.807) is 0 Å². The van der Waals surface area contributed by atoms with E-state index in [4.69, 9.17) is 5.73 Å². The van der Waals surface area contributed by atoms with Gasteiger partial charge in [-0.1, -0.05) is 0 Å². The van der Waals surface area contributed by atoms with Gasteiger partial charge < -0.3 is 15.8 Å². The largest absolute Gasteiger partial charge is 0.416 e. The second kappa shape index (κ2) is 10.0. The first-order chi connectivity index (χ1) is 10.6. The number of carbonyl (C=O) groups excluding carboxylic acids is 1. The molecule has 0 fully saturated rings. The Kier molecular flexibility index (Phi) is 9.56. The molecular formula is C13H16ClF5N2O2S. The topological polar surface area (TPSA) is 64.3 Å². The number of nitrogens with one attached hydrogen (secondary N) is 1. The van der Waals surface area contributed by atoms with Crippen molar-refractivity contribution in [2.24, 2.45) is 5.73 Å². The third-order valence-electron chi connectivity index (χ3n) is 2.61. The maximum atomic E-state index is 12.7. The molecule has 1 rings (SSSR count). The smallest absolute Gasteiger partial charge is 0.383 e. The number of halogens is 6. The van der Waals surface area contributed by atoms with Gasteiger partial charge in [-0.05, 0) is 18.2 Å². The van der Waals surface area contributed by atoms with Crippen molar-refractivity contribution >= 4 is 35.8 Å². The Morgan fingerprint density at radius 1 is 1.38 bits per heavy atom. The number of nitrogens with two attached hydrogens (primary N) is 1. The molecule has 0 spiro atoms. The van der Waals surface area contributed by atoms with Gasteiger partial charge in [-0.15, -0.1) is 24.2 Å². The monoisotopic (exact) mass is 394 g/mol. The van der Waals surface area contributed by atoms with Crippen LogP contribution in [0.2, 0.25) is 0 Å². The van der Waals surface area contributed by atoms with Gasteiger partial charge in [0, 0.05) is 12.0 Å². The summed E-state index contributed by atoms with van der Waals surface area (Å²) >= 11 is 0.637. The number of benzene rings is 1. The lowest BCUT2D eigenvalue weighted by Crippen LogP contribution is -2.39. The van der Waals surface area contributed by atoms with Crippen LogP contribution in [0.3, 0.4) is 0 Å². The first-order valence-electron chi connectivity index (χ1n) is 6.32. The van der Waals surface area contributed by atoms with Crippen LogP contribution < -0.4 is 11.1 Å². The molecule has 1 aromatic rings. The number of anilines is 1. The highest BCUT2D eigenvalue weighted by Gasteiger charge is 2.31. The average molecular weight is 395 g/mol. The van der Waals surface area contributed by atoms with Gasteiger partial charge >= 0.3 is 6.18 Å². The number of hydrogen-bond acceptors (Lipinski definition) is 4. The number of amides is 1. The molecule has 1 atom stereocenters. The van der Waals surface area contributed by atoms with Gasteiger partial charge in [-0.2, -0.15) is 13.2 Å². The van der Waals surface area contributed by atoms with Gasteiger partial charge in [-0.25, -0.2) is 8.78 Å². The molecule has 0 radical (unpaired) electrons. The fraction of sp³-hybridized carbons (Fsp3) is 0.462. The zero-order valence-corrected chi connectivity index (χ0v) is 14.0. The van der Waals surface area contributed by atoms with Gasteiger partial charge in [-0.3, -0.25) is 4.79 Å². The molecule has 0 saturated heterocycles. The molecule has 3 N–H and O–H groups in total. The second-order valence-electron chi connectivity index (χ2n) is 4.46. The van der Waals surface area contributed by atoms with E-state index in [0.29, 0.717) is 17.8 Å². The Morgan fingerprint density at radius 2 is 2.00 bits per heavy atom. The lowest BCUT2D eigenvalue weighted by Gasteiger charge is -2.16. The van der Waals surface area contributed by atoms with Crippen LogP contribution in [0.15, 0.2) is 23.1 Å². The molecule has 11 heteroatoms. The molecule has 0 heterocycles. The zero-order chi connectivity index (χ0) is 17.6. The predicted molar refractivity (Wildman–Crippen MR) is 83.9 cm³/mol. The van der Waals surface area contributed by atoms with E-state index in [0.717, 1.165) is 12.1 Å². The molecular weight excluding hydrogens is 379 g/mol. The van der Waals surface area contributed by atoms with Gasteiger partial charge in [0.25, 0.3) is 0 Å². The van der Waals surface area contributed by atoms with Crippen LogP contribution in [0.1, 0.15) is 5.56 Å². The van der Waals surface area contributed by atoms with E-state index in [1.165, 1.54) is 7.11 Å². The first kappa shape index (κ1) is 22.9. The van der Waals surface area contributed by atoms with Crippen molar-refractivity contribution in [2.75, 3.05) is 24.8 Å². The van der Waals surface area contributed by atoms with Crippen LogP contribution in [0, 0.1) is 0 Å². The van der Waals surface area contributed by atoms with Crippen LogP contribution in [-0.4, -0.2) is 37.8 Å². The number of rotatable bonds is 7. The summed E-state index contributed by atoms with van der Waals surface area (Å²) in [5.41, 5.74) is 4.26. The van der Waals surface area contributed by atoms with Crippen LogP contribution in [0.5, 0.6) is 0 Å². The Hall–Kier alpha value is -1.10. The fourth-order valence-electron chi connectivity index (χ4n) is 1.56. The van der Waals surface area contributed by atoms with Crippen molar-refractivity contribution in [3.05, 3.63) is 23.8 Å². The highest BCUT2D eigenvalue weighted by atomic mass is 35.5. The maximum absolute atomic E-state index is 12.7. The number of carbonyl (C=O) groups is 1. The SMILES string of the molecule is COCC(N)C(=O)Nc1cc(C(F)(F)F)ccc1SCC(F)F.Cl. The van der Waals surface area contributed by atoms with Crippen molar-refractivity contribution in [3.63, 3.8) is 0 Å². The van der Waals surface area contributed by atoms with E-state index in [-0.39, 0.29) is 29.6 Å². The molecule has 0 aliphatic rings. The average Bonchev–Trinajstić information content (AvgIpc) is 2.44. The summed E-state index contributed by atoms with van der Waals surface area (Å²) in [6.07, 6.45) is -7.26. The lowest BCUT2D eigenvalue weighted by molar-refractivity contribution is -0.137. The van der Waals surface area contributed by atoms with Crippen molar-refractivity contribution in [3.8, 4) is 0 Å². The second-order valence-corrected chi connectivity index (χ2v) is 5.52. The quantitative estimate of drug-likeness (QED) is 0.549. The molecule has 0 aliphatic carbocycles. The Balaban J connectivity index is 0.00000529. The molecule has 4 nitrogen and oxygen atoms in total. The van der Waals surface area contributed by atoms with Gasteiger partial charge in [0.2, 0.25) is 12.3 Å². The Bertz CT molecular complexity index is 546. The van der Waals surface area contributed by atoms with Crippen LogP contribution in [0.25, 0.3) is 0 Å². The summed E-state index contributed by atoms with van der Waals surface area (Å²) in [4.78, 5) is 11.9. The molecule has 0 aromatic heterocycles. The molecule has 138 valence electrons. The lowest BCUT2D eigenvalue weighted by atomic mass is 10.2. The number of thioether (sulfide) groups is 1. The van der Waals surface area contributed by atoms with E-state index < -0.39 is 35.9 Å². The summed E-state index contributed by atoms with van der Waals surface area (Å²) in [6.45, 7) is -0.135. The molecule has 0 saturated carbocycles. The number of hydrogen-bond donors (Lipinski definition) is 2. The molecule has 1 aromatic carbocycles. The predicted octanol–water partition coefficient (Wildman–Crippen LogP) is 3.40. The third-order valence-corrected chi connectivity index (χ3v) is 3.70. The molecule has 1 amide bonds. The summed E-state index contributed by atoms with van der Waals surface area (Å²) in [6, 6.07) is 1.39. The van der Waals surface area contributed by atoms with Crippen molar-refractivity contribution in [1.82, 2.24) is 0 Å². The molecule has 0 aliphatic heterocycles. The minimum absolute atomic E-state index is 0. The van der Waals surface area contributed by atoms with Crippen molar-refractivity contribution < 1.29 is 31.5 Å². The number of ether oxygens (including phenoxy) is 1. The summed E-state index contributed by atoms with van der Waals surface area (Å²) in [5.74, 6) is -1.39. The first-order valence-corrected chi connectivity index (χ1v) is 7.31. The molecule has 24 heavy (non-hydrogen) atoms. The minimum Gasteiger partial charge on any atom is -0.383 e. The van der Waals surface area contributed by atoms with Crippen LogP contribution in [0.4, 0.5) is 27.6 Å². The van der Waals surface area contributed by atoms with E-state index in [1.807, 2.05) is 0 Å². The standard InChI is InChI=1S/C13H15F5N2O2S.ClH/c1-22-5-8(19)12(21)20-9-4-7(13(16,17)18)2-3-10(9)23-6-11(14)15;/h2-4,8,11H,5-6,19H2,1H3,(H,20,21);1H. The van der Waals surface area contributed by atoms with E-state index >= 15 is 0 Å². The van der Waals surface area contributed by atoms with Gasteiger partial charge in [0.05, 0.1) is 23.6 Å². The maximum Gasteiger partial charge on any atom is 0.416 e. The van der Waals surface area contributed by atoms with Crippen LogP contribution >= 0.6 is 24.2 Å². The summed E-state index contributed by atoms with van der Waals surface area (Å²) in [5, 5.41) is 2.22. The molecule has 0 bridgehead atoms. The van der Waals surface area contributed by atoms with Crippen LogP contribution in [-0.2, 0) is 15.7 Å². The molecule has 1 unspecified atom stereocenters. The Morgan fingerprint density at radius 3 is 2.50 bits per heavy atom. The number of methoxy groups -OCH3 is 1. The summed E-state index contributed by atoms with van der Waals surface area (Å²) < 4.78 is 67.5. The van der Waals surface area contributed by atoms with Gasteiger partial charge in [0.15, 0.2) is 0 Å². The van der Waals surface area contributed by atoms with E-state index in [2.05, 4.69) is 10.1 Å². The van der Waals surface area contributed by atoms with Crippen molar-refractivity contribution in [2.45, 2.75) is 23.5 Å². The highest BCUT2D eigenvalue weighted by molar-refractivity contribution is 7.99. The fourth-order valence-corrected chi connectivity index (χ4v) is 2.30.